The van der Waals surface area contributed by atoms with Crippen LogP contribution in [0.4, 0.5) is 0 Å². The summed E-state index contributed by atoms with van der Waals surface area (Å²) in [7, 11) is 0. The Morgan fingerprint density at radius 3 is 2.71 bits per heavy atom. The van der Waals surface area contributed by atoms with E-state index in [-0.39, 0.29) is 5.41 Å². The molecule has 2 N–H and O–H groups in total. The van der Waals surface area contributed by atoms with Gasteiger partial charge in [-0.2, -0.15) is 4.98 Å². The van der Waals surface area contributed by atoms with Gasteiger partial charge in [0.05, 0.1) is 5.41 Å². The molecule has 2 heterocycles. The first-order chi connectivity index (χ1) is 8.25. The van der Waals surface area contributed by atoms with E-state index in [1.54, 1.807) is 0 Å². The summed E-state index contributed by atoms with van der Waals surface area (Å²) >= 11 is 0. The van der Waals surface area contributed by atoms with Crippen LogP contribution < -0.4 is 5.73 Å². The second kappa shape index (κ2) is 4.07. The fraction of sp³-hybridized carbons (Fsp3) is 0.833. The molecule has 2 unspecified atom stereocenters. The molecule has 5 nitrogen and oxygen atoms in total. The van der Waals surface area contributed by atoms with E-state index in [1.165, 1.54) is 6.42 Å². The highest BCUT2D eigenvalue weighted by Crippen LogP contribution is 2.46. The van der Waals surface area contributed by atoms with E-state index >= 15 is 0 Å². The second-order valence-corrected chi connectivity index (χ2v) is 5.37. The van der Waals surface area contributed by atoms with Crippen LogP contribution in [0.5, 0.6) is 0 Å². The zero-order valence-corrected chi connectivity index (χ0v) is 10.2. The van der Waals surface area contributed by atoms with Gasteiger partial charge in [0.25, 0.3) is 0 Å². The van der Waals surface area contributed by atoms with Crippen molar-refractivity contribution in [3.05, 3.63) is 11.7 Å². The van der Waals surface area contributed by atoms with Crippen LogP contribution in [0.2, 0.25) is 0 Å². The van der Waals surface area contributed by atoms with Gasteiger partial charge < -0.3 is 15.0 Å². The lowest BCUT2D eigenvalue weighted by molar-refractivity contribution is 0.0409. The van der Waals surface area contributed by atoms with Gasteiger partial charge in [0.15, 0.2) is 5.82 Å². The lowest BCUT2D eigenvalue weighted by Crippen LogP contribution is -2.40. The highest BCUT2D eigenvalue weighted by Gasteiger charge is 2.42. The van der Waals surface area contributed by atoms with E-state index in [0.29, 0.717) is 18.4 Å². The van der Waals surface area contributed by atoms with Crippen molar-refractivity contribution < 1.29 is 9.26 Å². The van der Waals surface area contributed by atoms with Crippen LogP contribution in [0, 0.1) is 5.92 Å². The van der Waals surface area contributed by atoms with Crippen LogP contribution in [0.3, 0.4) is 0 Å². The van der Waals surface area contributed by atoms with Crippen molar-refractivity contribution in [2.75, 3.05) is 19.8 Å². The first kappa shape index (κ1) is 11.2. The Kier molecular flexibility index (Phi) is 2.67. The van der Waals surface area contributed by atoms with Crippen LogP contribution in [0.15, 0.2) is 4.52 Å². The third-order valence-corrected chi connectivity index (χ3v) is 4.18. The van der Waals surface area contributed by atoms with E-state index in [1.807, 2.05) is 0 Å². The average molecular weight is 237 g/mol. The second-order valence-electron chi connectivity index (χ2n) is 5.37. The Bertz CT molecular complexity index is 398. The molecule has 1 saturated heterocycles. The number of hydrogen-bond acceptors (Lipinski definition) is 5. The molecule has 94 valence electrons. The minimum Gasteiger partial charge on any atom is -0.381 e. The molecule has 2 fully saturated rings. The third kappa shape index (κ3) is 1.87. The molecule has 1 aliphatic carbocycles. The van der Waals surface area contributed by atoms with E-state index in [2.05, 4.69) is 17.1 Å². The maximum absolute atomic E-state index is 5.92. The first-order valence-electron chi connectivity index (χ1n) is 6.37. The zero-order chi connectivity index (χ0) is 11.9. The quantitative estimate of drug-likeness (QED) is 0.855. The number of nitrogens with two attached hydrogens (primary N) is 1. The molecule has 1 saturated carbocycles. The summed E-state index contributed by atoms with van der Waals surface area (Å²) in [4.78, 5) is 4.58. The monoisotopic (exact) mass is 237 g/mol. The minimum absolute atomic E-state index is 0.151. The van der Waals surface area contributed by atoms with Gasteiger partial charge in [-0.3, -0.25) is 0 Å². The Hall–Kier alpha value is -0.940. The van der Waals surface area contributed by atoms with E-state index in [9.17, 15) is 0 Å². The van der Waals surface area contributed by atoms with Gasteiger partial charge in [0.1, 0.15) is 0 Å². The first-order valence-corrected chi connectivity index (χ1v) is 6.37. The minimum atomic E-state index is -0.151. The summed E-state index contributed by atoms with van der Waals surface area (Å²) < 4.78 is 10.8. The Balaban J connectivity index is 1.83. The largest absolute Gasteiger partial charge is 0.381 e. The van der Waals surface area contributed by atoms with E-state index in [0.717, 1.165) is 37.8 Å². The molecular weight excluding hydrogens is 218 g/mol. The molecular formula is C12H19N3O2. The molecule has 3 rings (SSSR count). The topological polar surface area (TPSA) is 74.2 Å². The molecule has 2 atom stereocenters. The summed E-state index contributed by atoms with van der Waals surface area (Å²) in [5, 5.41) is 4.11. The molecule has 0 radical (unpaired) electrons. The Morgan fingerprint density at radius 1 is 1.41 bits per heavy atom. The molecule has 0 spiro atoms. The maximum Gasteiger partial charge on any atom is 0.234 e. The highest BCUT2D eigenvalue weighted by molar-refractivity contribution is 5.13. The molecule has 5 heteroatoms. The molecule has 0 bridgehead atoms. The molecule has 1 aromatic heterocycles. The summed E-state index contributed by atoms with van der Waals surface area (Å²) in [6, 6.07) is 0. The zero-order valence-electron chi connectivity index (χ0n) is 10.2. The van der Waals surface area contributed by atoms with Gasteiger partial charge in [0, 0.05) is 25.7 Å². The number of aromatic nitrogens is 2. The van der Waals surface area contributed by atoms with Crippen molar-refractivity contribution in [2.24, 2.45) is 11.7 Å². The lowest BCUT2D eigenvalue weighted by atomic mass is 9.80. The molecule has 2 aliphatic rings. The molecule has 1 aromatic rings. The van der Waals surface area contributed by atoms with Crippen molar-refractivity contribution in [3.63, 3.8) is 0 Å². The maximum atomic E-state index is 5.92. The standard InChI is InChI=1S/C12H19N3O2/c1-8-6-9(8)10-14-11(17-15-10)12(7-13)2-4-16-5-3-12/h8-9H,2-7,13H2,1H3. The number of ether oxygens (including phenoxy) is 1. The van der Waals surface area contributed by atoms with Crippen LogP contribution in [-0.2, 0) is 10.2 Å². The summed E-state index contributed by atoms with van der Waals surface area (Å²) in [6.45, 7) is 4.23. The number of rotatable bonds is 3. The smallest absolute Gasteiger partial charge is 0.234 e. The molecule has 17 heavy (non-hydrogen) atoms. The van der Waals surface area contributed by atoms with E-state index in [4.69, 9.17) is 15.0 Å². The number of hydrogen-bond donors (Lipinski definition) is 1. The lowest BCUT2D eigenvalue weighted by Gasteiger charge is -2.32. The van der Waals surface area contributed by atoms with Gasteiger partial charge >= 0.3 is 0 Å². The van der Waals surface area contributed by atoms with Crippen LogP contribution in [0.25, 0.3) is 0 Å². The van der Waals surface area contributed by atoms with Gasteiger partial charge in [-0.05, 0) is 25.2 Å². The Labute approximate surface area is 101 Å². The van der Waals surface area contributed by atoms with Crippen molar-refractivity contribution in [3.8, 4) is 0 Å². The van der Waals surface area contributed by atoms with Crippen molar-refractivity contribution >= 4 is 0 Å². The summed E-state index contributed by atoms with van der Waals surface area (Å²) in [5.41, 5.74) is 5.76. The van der Waals surface area contributed by atoms with Gasteiger partial charge in [0.2, 0.25) is 5.89 Å². The predicted octanol–water partition coefficient (Wildman–Crippen LogP) is 1.20. The van der Waals surface area contributed by atoms with Crippen molar-refractivity contribution in [2.45, 2.75) is 37.5 Å². The summed E-state index contributed by atoms with van der Waals surface area (Å²) in [6.07, 6.45) is 2.94. The summed E-state index contributed by atoms with van der Waals surface area (Å²) in [5.74, 6) is 2.79. The van der Waals surface area contributed by atoms with Crippen molar-refractivity contribution in [1.29, 1.82) is 0 Å². The molecule has 0 amide bonds. The Morgan fingerprint density at radius 2 is 2.12 bits per heavy atom. The highest BCUT2D eigenvalue weighted by atomic mass is 16.5. The SMILES string of the molecule is CC1CC1c1noc(C2(CN)CCOCC2)n1. The number of nitrogens with zero attached hydrogens (tertiary/aromatic N) is 2. The van der Waals surface area contributed by atoms with Gasteiger partial charge in [-0.25, -0.2) is 0 Å². The van der Waals surface area contributed by atoms with Crippen molar-refractivity contribution in [1.82, 2.24) is 10.1 Å². The van der Waals surface area contributed by atoms with Gasteiger partial charge in [-0.15, -0.1) is 0 Å². The normalized spacial score (nSPS) is 31.4. The van der Waals surface area contributed by atoms with E-state index < -0.39 is 0 Å². The van der Waals surface area contributed by atoms with Crippen LogP contribution in [0.1, 0.15) is 43.8 Å². The average Bonchev–Trinajstić information content (AvgIpc) is 2.92. The van der Waals surface area contributed by atoms with Crippen LogP contribution in [-0.4, -0.2) is 29.9 Å². The third-order valence-electron chi connectivity index (χ3n) is 4.18. The fourth-order valence-electron chi connectivity index (χ4n) is 2.55. The van der Waals surface area contributed by atoms with Gasteiger partial charge in [-0.1, -0.05) is 12.1 Å². The fourth-order valence-corrected chi connectivity index (χ4v) is 2.55. The predicted molar refractivity (Wildman–Crippen MR) is 61.6 cm³/mol. The molecule has 0 aromatic carbocycles. The molecule has 1 aliphatic heterocycles. The van der Waals surface area contributed by atoms with Crippen LogP contribution >= 0.6 is 0 Å².